The molecule has 0 bridgehead atoms. The Morgan fingerprint density at radius 1 is 0.833 bits per heavy atom. The number of rotatable bonds is 11. The van der Waals surface area contributed by atoms with E-state index in [1.165, 1.54) is 0 Å². The van der Waals surface area contributed by atoms with Gasteiger partial charge in [0.1, 0.15) is 30.8 Å². The zero-order valence-electron chi connectivity index (χ0n) is 27.6. The van der Waals surface area contributed by atoms with Crippen molar-refractivity contribution in [2.45, 2.75) is 57.8 Å². The molecular formula is C36H42N8O4. The predicted octanol–water partition coefficient (Wildman–Crippen LogP) is 4.66. The van der Waals surface area contributed by atoms with Crippen LogP contribution in [0.4, 0.5) is 11.4 Å². The summed E-state index contributed by atoms with van der Waals surface area (Å²) in [5.74, 6) is -0.207. The van der Waals surface area contributed by atoms with E-state index in [1.54, 1.807) is 32.8 Å². The van der Waals surface area contributed by atoms with Crippen LogP contribution < -0.4 is 20.2 Å². The Kier molecular flexibility index (Phi) is 9.00. The first-order valence-electron chi connectivity index (χ1n) is 16.7. The molecule has 2 saturated heterocycles. The molecule has 12 nitrogen and oxygen atoms in total. The minimum Gasteiger partial charge on any atom is -0.488 e. The summed E-state index contributed by atoms with van der Waals surface area (Å²) < 4.78 is 22.4. The topological polar surface area (TPSA) is 105 Å². The van der Waals surface area contributed by atoms with Gasteiger partial charge in [-0.25, -0.2) is 14.0 Å². The van der Waals surface area contributed by atoms with Gasteiger partial charge in [-0.3, -0.25) is 0 Å². The van der Waals surface area contributed by atoms with Gasteiger partial charge in [0.05, 0.1) is 30.7 Å². The van der Waals surface area contributed by atoms with Crippen molar-refractivity contribution in [3.05, 3.63) is 114 Å². The highest BCUT2D eigenvalue weighted by Gasteiger charge is 2.46. The van der Waals surface area contributed by atoms with E-state index in [2.05, 4.69) is 56.3 Å². The Morgan fingerprint density at radius 3 is 2.06 bits per heavy atom. The van der Waals surface area contributed by atoms with Crippen molar-refractivity contribution in [1.29, 1.82) is 0 Å². The van der Waals surface area contributed by atoms with Crippen LogP contribution in [-0.4, -0.2) is 74.3 Å². The molecule has 2 unspecified atom stereocenters. The minimum absolute atomic E-state index is 0.0708. The van der Waals surface area contributed by atoms with Crippen molar-refractivity contribution in [3.8, 4) is 11.4 Å². The second kappa shape index (κ2) is 13.7. The van der Waals surface area contributed by atoms with Crippen LogP contribution in [0.5, 0.6) is 5.75 Å². The highest BCUT2D eigenvalue weighted by atomic mass is 16.8. The third-order valence-corrected chi connectivity index (χ3v) is 9.37. The quantitative estimate of drug-likeness (QED) is 0.202. The fraction of sp³-hybridized carbons (Fsp3) is 0.389. The Morgan fingerprint density at radius 2 is 1.44 bits per heavy atom. The lowest BCUT2D eigenvalue weighted by Gasteiger charge is -2.37. The molecule has 2 aromatic heterocycles. The molecule has 5 aromatic rings. The van der Waals surface area contributed by atoms with Gasteiger partial charge in [-0.2, -0.15) is 20.1 Å². The van der Waals surface area contributed by atoms with Crippen LogP contribution in [0.2, 0.25) is 0 Å². The van der Waals surface area contributed by atoms with Gasteiger partial charge in [-0.1, -0.05) is 37.3 Å². The van der Waals surface area contributed by atoms with Crippen molar-refractivity contribution in [2.75, 3.05) is 42.6 Å². The van der Waals surface area contributed by atoms with E-state index in [4.69, 9.17) is 14.2 Å². The Hall–Kier alpha value is -4.94. The van der Waals surface area contributed by atoms with E-state index >= 15 is 0 Å². The van der Waals surface area contributed by atoms with E-state index in [-0.39, 0.29) is 23.9 Å². The molecule has 12 heteroatoms. The van der Waals surface area contributed by atoms with E-state index in [0.29, 0.717) is 13.2 Å². The molecule has 48 heavy (non-hydrogen) atoms. The number of nitrogens with zero attached hydrogens (tertiary/aromatic N) is 8. The second-order valence-electron chi connectivity index (χ2n) is 12.4. The lowest BCUT2D eigenvalue weighted by atomic mass is 10.1. The SMILES string of the molecule is CCC(C)n1ncn(-c2ccc(N3CCN(c4ccc(OC(C)[C@@H]5CO[C@@](Cn6nccn6)(c6ccccc6)O5)cc4)CC3)cc2)c1=O. The third kappa shape index (κ3) is 6.45. The Bertz CT molecular complexity index is 1820. The summed E-state index contributed by atoms with van der Waals surface area (Å²) in [6.07, 6.45) is 5.25. The highest BCUT2D eigenvalue weighted by Crippen LogP contribution is 2.37. The normalized spacial score (nSPS) is 20.9. The molecule has 250 valence electrons. The number of benzene rings is 3. The first-order valence-corrected chi connectivity index (χ1v) is 16.7. The molecule has 4 heterocycles. The van der Waals surface area contributed by atoms with Gasteiger partial charge >= 0.3 is 5.69 Å². The smallest absolute Gasteiger partial charge is 0.350 e. The van der Waals surface area contributed by atoms with Crippen molar-refractivity contribution < 1.29 is 14.2 Å². The summed E-state index contributed by atoms with van der Waals surface area (Å²) in [4.78, 5) is 19.2. The first kappa shape index (κ1) is 31.6. The molecule has 0 amide bonds. The lowest BCUT2D eigenvalue weighted by Crippen LogP contribution is -2.46. The number of anilines is 2. The van der Waals surface area contributed by atoms with Crippen LogP contribution in [0.25, 0.3) is 5.69 Å². The van der Waals surface area contributed by atoms with Crippen LogP contribution in [0.15, 0.2) is 102 Å². The summed E-state index contributed by atoms with van der Waals surface area (Å²) in [5, 5.41) is 12.8. The number of ether oxygens (including phenoxy) is 3. The van der Waals surface area contributed by atoms with E-state index in [9.17, 15) is 4.79 Å². The molecule has 2 fully saturated rings. The van der Waals surface area contributed by atoms with Gasteiger partial charge in [0.15, 0.2) is 0 Å². The second-order valence-corrected chi connectivity index (χ2v) is 12.4. The van der Waals surface area contributed by atoms with E-state index in [0.717, 1.165) is 61.0 Å². The number of hydrogen-bond acceptors (Lipinski definition) is 9. The number of hydrogen-bond donors (Lipinski definition) is 0. The highest BCUT2D eigenvalue weighted by molar-refractivity contribution is 5.54. The van der Waals surface area contributed by atoms with Gasteiger partial charge < -0.3 is 24.0 Å². The standard InChI is InChI=1S/C36H42N8O4/c1-4-27(2)44-35(45)42(26-39-44)32-12-10-30(11-13-32)40-20-22-41(23-21-40)31-14-16-33(17-15-31)47-28(3)34-24-46-36(48-34,25-43-37-18-19-38-43)29-8-6-5-7-9-29/h5-19,26-28,34H,4,20-25H2,1-3H3/t27?,28?,34-,36+/m0/s1. The molecule has 0 spiro atoms. The summed E-state index contributed by atoms with van der Waals surface area (Å²) in [6.45, 7) is 10.4. The van der Waals surface area contributed by atoms with Gasteiger partial charge in [-0.15, -0.1) is 0 Å². The summed E-state index contributed by atoms with van der Waals surface area (Å²) >= 11 is 0. The molecule has 0 N–H and O–H groups in total. The molecular weight excluding hydrogens is 608 g/mol. The first-order chi connectivity index (χ1) is 23.4. The van der Waals surface area contributed by atoms with Crippen LogP contribution >= 0.6 is 0 Å². The van der Waals surface area contributed by atoms with Gasteiger partial charge in [0, 0.05) is 43.1 Å². The largest absolute Gasteiger partial charge is 0.488 e. The van der Waals surface area contributed by atoms with Crippen molar-refractivity contribution in [2.24, 2.45) is 0 Å². The van der Waals surface area contributed by atoms with E-state index in [1.807, 2.05) is 68.4 Å². The van der Waals surface area contributed by atoms with Crippen LogP contribution in [0.3, 0.4) is 0 Å². The molecule has 0 aliphatic carbocycles. The molecule has 2 aliphatic rings. The van der Waals surface area contributed by atoms with Crippen LogP contribution in [-0.2, 0) is 21.8 Å². The zero-order chi connectivity index (χ0) is 33.1. The van der Waals surface area contributed by atoms with Gasteiger partial charge in [0.25, 0.3) is 0 Å². The minimum atomic E-state index is -0.993. The van der Waals surface area contributed by atoms with Crippen molar-refractivity contribution >= 4 is 11.4 Å². The number of piperazine rings is 1. The molecule has 0 saturated carbocycles. The molecule has 0 radical (unpaired) electrons. The summed E-state index contributed by atoms with van der Waals surface area (Å²) in [5.41, 5.74) is 3.94. The zero-order valence-corrected chi connectivity index (χ0v) is 27.6. The molecule has 2 aliphatic heterocycles. The fourth-order valence-electron chi connectivity index (χ4n) is 6.33. The molecule has 4 atom stereocenters. The maximum Gasteiger partial charge on any atom is 0.350 e. The third-order valence-electron chi connectivity index (χ3n) is 9.37. The summed E-state index contributed by atoms with van der Waals surface area (Å²) in [7, 11) is 0. The predicted molar refractivity (Wildman–Crippen MR) is 183 cm³/mol. The lowest BCUT2D eigenvalue weighted by molar-refractivity contribution is -0.196. The fourth-order valence-corrected chi connectivity index (χ4v) is 6.33. The monoisotopic (exact) mass is 650 g/mol. The van der Waals surface area contributed by atoms with Crippen LogP contribution in [0.1, 0.15) is 38.8 Å². The maximum absolute atomic E-state index is 12.8. The van der Waals surface area contributed by atoms with Crippen molar-refractivity contribution in [3.63, 3.8) is 0 Å². The average molecular weight is 651 g/mol. The number of aromatic nitrogens is 6. The average Bonchev–Trinajstić information content (AvgIpc) is 3.90. The molecule has 7 rings (SSSR count). The molecule has 3 aromatic carbocycles. The Labute approximate surface area is 280 Å². The van der Waals surface area contributed by atoms with Crippen molar-refractivity contribution in [1.82, 2.24) is 29.3 Å². The van der Waals surface area contributed by atoms with Gasteiger partial charge in [-0.05, 0) is 68.8 Å². The van der Waals surface area contributed by atoms with Crippen LogP contribution in [0, 0.1) is 0 Å². The summed E-state index contributed by atoms with van der Waals surface area (Å²) in [6, 6.07) is 26.4. The van der Waals surface area contributed by atoms with E-state index < -0.39 is 5.79 Å². The Balaban J connectivity index is 0.932. The maximum atomic E-state index is 12.8. The van der Waals surface area contributed by atoms with Gasteiger partial charge in [0.2, 0.25) is 5.79 Å².